The number of hydrogen-bond donors (Lipinski definition) is 5. The Morgan fingerprint density at radius 2 is 2.08 bits per heavy atom. The number of nitrogens with one attached hydrogen (secondary N) is 2. The fraction of sp³-hybridized carbons (Fsp3) is 0.897. The second-order valence-electron chi connectivity index (χ2n) is 12.9. The zero-order chi connectivity index (χ0) is 26.8. The maximum Gasteiger partial charge on any atom is 0.124 e. The van der Waals surface area contributed by atoms with Crippen LogP contribution < -0.4 is 22.1 Å². The third kappa shape index (κ3) is 6.51. The molecule has 2 saturated carbocycles. The van der Waals surface area contributed by atoms with Gasteiger partial charge in [0, 0.05) is 25.0 Å². The van der Waals surface area contributed by atoms with Gasteiger partial charge >= 0.3 is 0 Å². The van der Waals surface area contributed by atoms with E-state index in [1.165, 1.54) is 12.8 Å². The van der Waals surface area contributed by atoms with Crippen molar-refractivity contribution in [3.05, 3.63) is 11.8 Å². The molecule has 4 aliphatic rings. The molecule has 7 N–H and O–H groups in total. The average Bonchev–Trinajstić information content (AvgIpc) is 3.65. The van der Waals surface area contributed by atoms with Crippen LogP contribution in [0.1, 0.15) is 72.6 Å². The van der Waals surface area contributed by atoms with Crippen LogP contribution >= 0.6 is 0 Å². The van der Waals surface area contributed by atoms with Crippen molar-refractivity contribution in [2.45, 2.75) is 103 Å². The van der Waals surface area contributed by atoms with Gasteiger partial charge in [0.2, 0.25) is 0 Å². The van der Waals surface area contributed by atoms with Crippen LogP contribution in [-0.2, 0) is 9.47 Å². The number of nitrogens with zero attached hydrogens (tertiary/aromatic N) is 1. The van der Waals surface area contributed by atoms with Gasteiger partial charge in [0.1, 0.15) is 18.1 Å². The van der Waals surface area contributed by atoms with E-state index in [0.29, 0.717) is 29.7 Å². The molecule has 8 heteroatoms. The van der Waals surface area contributed by atoms with Crippen molar-refractivity contribution in [1.82, 2.24) is 10.6 Å². The molecule has 8 nitrogen and oxygen atoms in total. The summed E-state index contributed by atoms with van der Waals surface area (Å²) in [5.41, 5.74) is 11.9. The highest BCUT2D eigenvalue weighted by Gasteiger charge is 2.48. The lowest BCUT2D eigenvalue weighted by Gasteiger charge is -2.48. The molecule has 10 atom stereocenters. The van der Waals surface area contributed by atoms with Crippen LogP contribution in [-0.4, -0.2) is 61.4 Å². The molecule has 0 aromatic rings. The molecule has 3 fully saturated rings. The van der Waals surface area contributed by atoms with Crippen molar-refractivity contribution in [1.29, 1.82) is 5.26 Å². The van der Waals surface area contributed by atoms with Crippen LogP contribution in [0.2, 0.25) is 0 Å². The monoisotopic (exact) mass is 517 g/mol. The van der Waals surface area contributed by atoms with E-state index in [-0.39, 0.29) is 36.3 Å². The Bertz CT molecular complexity index is 838. The first-order chi connectivity index (χ1) is 17.6. The standard InChI is InChI=1S/C29H51N5O3/c1-5-23-22(13-30)27(34-16-28(23,4)35)37-26-18(2)6-7-20(19(26)3)12-25-24(32)9-8-21(36-25)14-33-17-29(15-31)10-11-29/h8,18-20,22-27,33-35H,5-7,9-12,14-17,31-32H2,1-4H3/t18-,19+,20+,22-,23-,24-,25-,26+,27-,28+/m1/s1. The van der Waals surface area contributed by atoms with E-state index in [1.54, 1.807) is 0 Å². The first kappa shape index (κ1) is 28.8. The molecule has 0 unspecified atom stereocenters. The summed E-state index contributed by atoms with van der Waals surface area (Å²) in [5.74, 6) is 1.71. The minimum Gasteiger partial charge on any atom is -0.492 e. The van der Waals surface area contributed by atoms with E-state index >= 15 is 0 Å². The summed E-state index contributed by atoms with van der Waals surface area (Å²) in [7, 11) is 0. The van der Waals surface area contributed by atoms with Gasteiger partial charge in [0.05, 0.1) is 30.2 Å². The second-order valence-corrected chi connectivity index (χ2v) is 12.9. The molecule has 2 aliphatic carbocycles. The van der Waals surface area contributed by atoms with Crippen LogP contribution in [0.15, 0.2) is 11.8 Å². The molecule has 2 heterocycles. The van der Waals surface area contributed by atoms with Crippen LogP contribution in [0.4, 0.5) is 0 Å². The van der Waals surface area contributed by atoms with Crippen molar-refractivity contribution < 1.29 is 14.6 Å². The Morgan fingerprint density at radius 3 is 2.73 bits per heavy atom. The van der Waals surface area contributed by atoms with Crippen molar-refractivity contribution in [2.75, 3.05) is 26.2 Å². The van der Waals surface area contributed by atoms with Gasteiger partial charge in [-0.1, -0.05) is 20.8 Å². The van der Waals surface area contributed by atoms with Crippen molar-refractivity contribution in [3.63, 3.8) is 0 Å². The molecule has 4 rings (SSSR count). The van der Waals surface area contributed by atoms with Crippen LogP contribution in [0.5, 0.6) is 0 Å². The summed E-state index contributed by atoms with van der Waals surface area (Å²) in [6.07, 6.45) is 9.01. The van der Waals surface area contributed by atoms with Gasteiger partial charge in [-0.3, -0.25) is 5.32 Å². The largest absolute Gasteiger partial charge is 0.492 e. The maximum atomic E-state index is 10.8. The molecule has 37 heavy (non-hydrogen) atoms. The number of nitrogens with two attached hydrogens (primary N) is 2. The van der Waals surface area contributed by atoms with Crippen LogP contribution in [0.3, 0.4) is 0 Å². The predicted molar refractivity (Wildman–Crippen MR) is 145 cm³/mol. The van der Waals surface area contributed by atoms with Gasteiger partial charge in [-0.05, 0) is 87.7 Å². The highest BCUT2D eigenvalue weighted by molar-refractivity contribution is 5.07. The number of aliphatic hydroxyl groups is 1. The molecular formula is C29H51N5O3. The quantitative estimate of drug-likeness (QED) is 0.298. The number of rotatable bonds is 10. The molecule has 0 bridgehead atoms. The third-order valence-electron chi connectivity index (χ3n) is 10.1. The van der Waals surface area contributed by atoms with Crippen molar-refractivity contribution in [2.24, 2.45) is 46.5 Å². The van der Waals surface area contributed by atoms with E-state index in [1.807, 2.05) is 13.8 Å². The lowest BCUT2D eigenvalue weighted by atomic mass is 9.70. The average molecular weight is 518 g/mol. The number of β-amino-alcohol motifs (C(OH)–C–C–N with tert-alkyl or cyclic N) is 1. The second kappa shape index (κ2) is 11.9. The molecular weight excluding hydrogens is 466 g/mol. The Morgan fingerprint density at radius 1 is 1.32 bits per heavy atom. The Balaban J connectivity index is 1.34. The minimum absolute atomic E-state index is 0.00371. The number of hydrogen-bond acceptors (Lipinski definition) is 8. The van der Waals surface area contributed by atoms with Crippen LogP contribution in [0.25, 0.3) is 0 Å². The molecule has 0 aromatic heterocycles. The number of piperidine rings is 1. The zero-order valence-electron chi connectivity index (χ0n) is 23.4. The zero-order valence-corrected chi connectivity index (χ0v) is 23.4. The smallest absolute Gasteiger partial charge is 0.124 e. The summed E-state index contributed by atoms with van der Waals surface area (Å²) in [6, 6.07) is 2.45. The lowest BCUT2D eigenvalue weighted by Crippen LogP contribution is -2.61. The van der Waals surface area contributed by atoms with E-state index < -0.39 is 5.60 Å². The first-order valence-corrected chi connectivity index (χ1v) is 14.7. The topological polar surface area (TPSA) is 139 Å². The minimum atomic E-state index is -0.903. The predicted octanol–water partition coefficient (Wildman–Crippen LogP) is 2.62. The molecule has 2 aliphatic heterocycles. The third-order valence-corrected chi connectivity index (χ3v) is 10.1. The normalized spacial score (nSPS) is 43.4. The Kier molecular flexibility index (Phi) is 9.25. The summed E-state index contributed by atoms with van der Waals surface area (Å²) < 4.78 is 13.1. The van der Waals surface area contributed by atoms with Crippen molar-refractivity contribution in [3.8, 4) is 6.07 Å². The number of ether oxygens (including phenoxy) is 2. The highest BCUT2D eigenvalue weighted by Crippen LogP contribution is 2.44. The summed E-state index contributed by atoms with van der Waals surface area (Å²) in [5, 5.41) is 27.7. The lowest BCUT2D eigenvalue weighted by molar-refractivity contribution is -0.167. The van der Waals surface area contributed by atoms with E-state index in [4.69, 9.17) is 20.9 Å². The molecule has 0 amide bonds. The molecule has 0 spiro atoms. The Hall–Kier alpha value is -1.21. The van der Waals surface area contributed by atoms with Gasteiger partial charge in [0.25, 0.3) is 0 Å². The summed E-state index contributed by atoms with van der Waals surface area (Å²) >= 11 is 0. The first-order valence-electron chi connectivity index (χ1n) is 14.7. The molecule has 0 radical (unpaired) electrons. The molecule has 210 valence electrons. The van der Waals surface area contributed by atoms with E-state index in [9.17, 15) is 10.4 Å². The highest BCUT2D eigenvalue weighted by atomic mass is 16.5. The summed E-state index contributed by atoms with van der Waals surface area (Å²) in [4.78, 5) is 0. The van der Waals surface area contributed by atoms with E-state index in [2.05, 4.69) is 36.6 Å². The fourth-order valence-corrected chi connectivity index (χ4v) is 7.06. The maximum absolute atomic E-state index is 10.8. The number of nitriles is 1. The Labute approximate surface area is 223 Å². The van der Waals surface area contributed by atoms with E-state index in [0.717, 1.165) is 57.5 Å². The molecule has 1 saturated heterocycles. The van der Waals surface area contributed by atoms with Gasteiger partial charge in [-0.15, -0.1) is 0 Å². The SMILES string of the molecule is CC[C@@H]1[C@@H](C#N)[C@@H](O[C@@H]2[C@@H](C)[C@H](C[C@H]3OC(CNCC4(CN)CC4)=CC[C@H]3N)CC[C@H]2C)NC[C@]1(C)O. The van der Waals surface area contributed by atoms with Crippen LogP contribution in [0, 0.1) is 46.3 Å². The molecule has 0 aromatic carbocycles. The van der Waals surface area contributed by atoms with Gasteiger partial charge in [0.15, 0.2) is 0 Å². The van der Waals surface area contributed by atoms with Gasteiger partial charge in [-0.25, -0.2) is 0 Å². The fourth-order valence-electron chi connectivity index (χ4n) is 7.06. The van der Waals surface area contributed by atoms with Gasteiger partial charge in [-0.2, -0.15) is 5.26 Å². The van der Waals surface area contributed by atoms with Gasteiger partial charge < -0.3 is 31.4 Å². The summed E-state index contributed by atoms with van der Waals surface area (Å²) in [6.45, 7) is 11.3. The van der Waals surface area contributed by atoms with Crippen molar-refractivity contribution >= 4 is 0 Å².